The largest absolute Gasteiger partial charge is 0.388 e. The summed E-state index contributed by atoms with van der Waals surface area (Å²) in [6, 6.07) is 6.41. The average Bonchev–Trinajstić information content (AvgIpc) is 2.39. The van der Waals surface area contributed by atoms with Crippen LogP contribution in [0.4, 0.5) is 4.39 Å². The molecule has 2 rings (SSSR count). The molecule has 0 aromatic heterocycles. The molecule has 1 nitrogen and oxygen atoms in total. The van der Waals surface area contributed by atoms with Crippen LogP contribution in [0.15, 0.2) is 24.3 Å². The summed E-state index contributed by atoms with van der Waals surface area (Å²) in [5.74, 6) is 0.793. The first-order valence-electron chi connectivity index (χ1n) is 7.14. The molecule has 1 aromatic carbocycles. The maximum Gasteiger partial charge on any atom is 0.123 e. The lowest BCUT2D eigenvalue weighted by Crippen LogP contribution is -2.21. The van der Waals surface area contributed by atoms with Crippen molar-refractivity contribution in [3.05, 3.63) is 35.6 Å². The lowest BCUT2D eigenvalue weighted by molar-refractivity contribution is 0.0665. The van der Waals surface area contributed by atoms with Crippen molar-refractivity contribution in [2.24, 2.45) is 11.8 Å². The Labute approximate surface area is 109 Å². The fraction of sp³-hybridized carbons (Fsp3) is 0.625. The molecule has 1 N–H and O–H groups in total. The van der Waals surface area contributed by atoms with E-state index in [1.807, 2.05) is 6.07 Å². The summed E-state index contributed by atoms with van der Waals surface area (Å²) in [6.07, 6.45) is 6.62. The predicted molar refractivity (Wildman–Crippen MR) is 71.7 cm³/mol. The van der Waals surface area contributed by atoms with Crippen LogP contribution in [0.1, 0.15) is 57.1 Å². The third-order valence-electron chi connectivity index (χ3n) is 4.16. The van der Waals surface area contributed by atoms with Gasteiger partial charge in [0.2, 0.25) is 0 Å². The molecule has 0 aliphatic heterocycles. The topological polar surface area (TPSA) is 20.2 Å². The van der Waals surface area contributed by atoms with Gasteiger partial charge in [0, 0.05) is 0 Å². The van der Waals surface area contributed by atoms with E-state index in [2.05, 4.69) is 6.92 Å². The van der Waals surface area contributed by atoms with Gasteiger partial charge in [0.15, 0.2) is 0 Å². The van der Waals surface area contributed by atoms with Gasteiger partial charge in [-0.3, -0.25) is 0 Å². The van der Waals surface area contributed by atoms with Crippen molar-refractivity contribution in [1.29, 1.82) is 0 Å². The second-order valence-corrected chi connectivity index (χ2v) is 5.58. The van der Waals surface area contributed by atoms with Gasteiger partial charge in [-0.25, -0.2) is 4.39 Å². The van der Waals surface area contributed by atoms with Crippen LogP contribution in [0.5, 0.6) is 0 Å². The number of halogens is 1. The van der Waals surface area contributed by atoms with Crippen molar-refractivity contribution in [2.45, 2.75) is 51.6 Å². The van der Waals surface area contributed by atoms with Crippen LogP contribution in [0, 0.1) is 17.7 Å². The highest BCUT2D eigenvalue weighted by atomic mass is 19.1. The Morgan fingerprint density at radius 1 is 1.39 bits per heavy atom. The summed E-state index contributed by atoms with van der Waals surface area (Å²) in [6.45, 7) is 2.21. The zero-order valence-electron chi connectivity index (χ0n) is 11.1. The summed E-state index contributed by atoms with van der Waals surface area (Å²) < 4.78 is 13.2. The fourth-order valence-electron chi connectivity index (χ4n) is 3.25. The Morgan fingerprint density at radius 2 is 2.22 bits per heavy atom. The predicted octanol–water partition coefficient (Wildman–Crippen LogP) is 4.47. The molecule has 0 spiro atoms. The lowest BCUT2D eigenvalue weighted by atomic mass is 9.76. The van der Waals surface area contributed by atoms with Gasteiger partial charge in [0.05, 0.1) is 6.10 Å². The minimum atomic E-state index is -0.500. The van der Waals surface area contributed by atoms with Gasteiger partial charge in [0.25, 0.3) is 0 Å². The van der Waals surface area contributed by atoms with Crippen LogP contribution >= 0.6 is 0 Å². The fourth-order valence-corrected chi connectivity index (χ4v) is 3.25. The van der Waals surface area contributed by atoms with E-state index in [4.69, 9.17) is 0 Å². The van der Waals surface area contributed by atoms with E-state index in [1.54, 1.807) is 6.07 Å². The normalized spacial score (nSPS) is 25.9. The van der Waals surface area contributed by atoms with Crippen molar-refractivity contribution in [3.63, 3.8) is 0 Å². The molecule has 0 radical (unpaired) electrons. The quantitative estimate of drug-likeness (QED) is 0.836. The van der Waals surface area contributed by atoms with E-state index in [0.29, 0.717) is 5.92 Å². The van der Waals surface area contributed by atoms with E-state index in [-0.39, 0.29) is 5.82 Å². The second kappa shape index (κ2) is 6.33. The summed E-state index contributed by atoms with van der Waals surface area (Å²) in [5.41, 5.74) is 0.733. The molecule has 1 aliphatic rings. The maximum atomic E-state index is 13.2. The molecule has 1 aliphatic carbocycles. The molecule has 0 amide bonds. The molecule has 1 saturated carbocycles. The molecule has 0 saturated heterocycles. The summed E-state index contributed by atoms with van der Waals surface area (Å²) in [5, 5.41) is 10.4. The van der Waals surface area contributed by atoms with Crippen molar-refractivity contribution in [2.75, 3.05) is 0 Å². The van der Waals surface area contributed by atoms with Crippen LogP contribution in [-0.2, 0) is 0 Å². The highest BCUT2D eigenvalue weighted by molar-refractivity contribution is 5.19. The van der Waals surface area contributed by atoms with Crippen molar-refractivity contribution in [1.82, 2.24) is 0 Å². The number of aliphatic hydroxyl groups excluding tert-OH is 1. The molecule has 1 fully saturated rings. The van der Waals surface area contributed by atoms with E-state index in [0.717, 1.165) is 24.3 Å². The third kappa shape index (κ3) is 3.32. The van der Waals surface area contributed by atoms with Crippen LogP contribution in [-0.4, -0.2) is 5.11 Å². The van der Waals surface area contributed by atoms with Crippen LogP contribution in [0.3, 0.4) is 0 Å². The molecule has 3 atom stereocenters. The Morgan fingerprint density at radius 3 is 2.94 bits per heavy atom. The molecule has 100 valence electrons. The second-order valence-electron chi connectivity index (χ2n) is 5.58. The van der Waals surface area contributed by atoms with Gasteiger partial charge in [0.1, 0.15) is 5.82 Å². The summed E-state index contributed by atoms with van der Waals surface area (Å²) in [4.78, 5) is 0. The minimum Gasteiger partial charge on any atom is -0.388 e. The van der Waals surface area contributed by atoms with Gasteiger partial charge in [-0.05, 0) is 42.4 Å². The van der Waals surface area contributed by atoms with Crippen molar-refractivity contribution >= 4 is 0 Å². The van der Waals surface area contributed by atoms with E-state index in [1.165, 1.54) is 37.8 Å². The number of aliphatic hydroxyl groups is 1. The van der Waals surface area contributed by atoms with Gasteiger partial charge < -0.3 is 5.11 Å². The van der Waals surface area contributed by atoms with Crippen LogP contribution < -0.4 is 0 Å². The van der Waals surface area contributed by atoms with E-state index >= 15 is 0 Å². The average molecular weight is 250 g/mol. The molecular formula is C16H23FO. The number of hydrogen-bond donors (Lipinski definition) is 1. The standard InChI is InChI=1S/C16H23FO/c1-2-5-12-6-3-7-13(10-12)16(18)14-8-4-9-15(17)11-14/h4,8-9,11-13,16,18H,2-3,5-7,10H2,1H3/t12-,13-,16+/m1/s1. The monoisotopic (exact) mass is 250 g/mol. The molecule has 18 heavy (non-hydrogen) atoms. The molecule has 1 aromatic rings. The SMILES string of the molecule is CCC[C@@H]1CCC[C@@H]([C@H](O)c2cccc(F)c2)C1. The lowest BCUT2D eigenvalue weighted by Gasteiger charge is -2.32. The van der Waals surface area contributed by atoms with Crippen LogP contribution in [0.2, 0.25) is 0 Å². The molecule has 2 heteroatoms. The Hall–Kier alpha value is -0.890. The molecule has 0 bridgehead atoms. The van der Waals surface area contributed by atoms with Gasteiger partial charge in [-0.1, -0.05) is 44.7 Å². The van der Waals surface area contributed by atoms with Gasteiger partial charge in [-0.2, -0.15) is 0 Å². The van der Waals surface area contributed by atoms with Crippen molar-refractivity contribution < 1.29 is 9.50 Å². The first-order chi connectivity index (χ1) is 8.70. The van der Waals surface area contributed by atoms with Crippen LogP contribution in [0.25, 0.3) is 0 Å². The Balaban J connectivity index is 2.02. The molecule has 0 unspecified atom stereocenters. The first-order valence-corrected chi connectivity index (χ1v) is 7.14. The zero-order valence-corrected chi connectivity index (χ0v) is 11.1. The first kappa shape index (κ1) is 13.5. The Bertz CT molecular complexity index is 375. The number of hydrogen-bond acceptors (Lipinski definition) is 1. The minimum absolute atomic E-state index is 0.257. The van der Waals surface area contributed by atoms with Gasteiger partial charge in [-0.15, -0.1) is 0 Å². The highest BCUT2D eigenvalue weighted by Crippen LogP contribution is 2.38. The van der Waals surface area contributed by atoms with E-state index < -0.39 is 6.10 Å². The Kier molecular flexibility index (Phi) is 4.76. The molecule has 0 heterocycles. The van der Waals surface area contributed by atoms with E-state index in [9.17, 15) is 9.50 Å². The smallest absolute Gasteiger partial charge is 0.123 e. The summed E-state index contributed by atoms with van der Waals surface area (Å²) >= 11 is 0. The number of benzene rings is 1. The summed E-state index contributed by atoms with van der Waals surface area (Å²) in [7, 11) is 0. The maximum absolute atomic E-state index is 13.2. The third-order valence-corrected chi connectivity index (χ3v) is 4.16. The zero-order chi connectivity index (χ0) is 13.0. The molecular weight excluding hydrogens is 227 g/mol. The highest BCUT2D eigenvalue weighted by Gasteiger charge is 2.27. The number of rotatable bonds is 4. The van der Waals surface area contributed by atoms with Crippen molar-refractivity contribution in [3.8, 4) is 0 Å². The van der Waals surface area contributed by atoms with Gasteiger partial charge >= 0.3 is 0 Å².